The van der Waals surface area contributed by atoms with Crippen LogP contribution in [0, 0.1) is 6.92 Å². The van der Waals surface area contributed by atoms with E-state index in [1.54, 1.807) is 35.1 Å². The minimum Gasteiger partial charge on any atom is -0.389 e. The molecule has 0 aliphatic carbocycles. The molecule has 0 bridgehead atoms. The van der Waals surface area contributed by atoms with Gasteiger partial charge in [-0.2, -0.15) is 5.10 Å². The Morgan fingerprint density at radius 1 is 1.35 bits per heavy atom. The number of rotatable bonds is 5. The van der Waals surface area contributed by atoms with Crippen molar-refractivity contribution in [3.63, 3.8) is 0 Å². The number of hydrogen-bond donors (Lipinski definition) is 2. The lowest BCUT2D eigenvalue weighted by molar-refractivity contribution is 0.0952. The van der Waals surface area contributed by atoms with Crippen molar-refractivity contribution in [2.45, 2.75) is 13.5 Å². The lowest BCUT2D eigenvalue weighted by Crippen LogP contribution is -2.27. The van der Waals surface area contributed by atoms with Gasteiger partial charge in [0, 0.05) is 23.9 Å². The Morgan fingerprint density at radius 3 is 2.55 bits per heavy atom. The van der Waals surface area contributed by atoms with E-state index in [1.165, 1.54) is 0 Å². The molecule has 1 aromatic heterocycles. The number of thiocarbonyl (C=S) groups is 1. The van der Waals surface area contributed by atoms with Gasteiger partial charge in [0.2, 0.25) is 0 Å². The summed E-state index contributed by atoms with van der Waals surface area (Å²) in [5, 5.41) is 7.00. The molecule has 0 fully saturated rings. The highest BCUT2D eigenvalue weighted by atomic mass is 32.1. The van der Waals surface area contributed by atoms with Crippen molar-refractivity contribution in [2.24, 2.45) is 5.73 Å². The summed E-state index contributed by atoms with van der Waals surface area (Å²) in [6.07, 6.45) is 3.72. The van der Waals surface area contributed by atoms with Crippen molar-refractivity contribution in [3.05, 3.63) is 53.3 Å². The highest BCUT2D eigenvalue weighted by Crippen LogP contribution is 2.04. The van der Waals surface area contributed by atoms with Gasteiger partial charge in [-0.3, -0.25) is 9.48 Å². The van der Waals surface area contributed by atoms with E-state index >= 15 is 0 Å². The van der Waals surface area contributed by atoms with E-state index < -0.39 is 0 Å². The number of carbonyl (C=O) groups is 1. The van der Waals surface area contributed by atoms with Gasteiger partial charge in [-0.15, -0.1) is 0 Å². The molecule has 5 nitrogen and oxygen atoms in total. The molecule has 0 radical (unpaired) electrons. The Labute approximate surface area is 122 Å². The number of nitrogens with one attached hydrogen (secondary N) is 1. The second-order valence-electron chi connectivity index (χ2n) is 4.48. The van der Waals surface area contributed by atoms with Crippen LogP contribution in [0.15, 0.2) is 36.7 Å². The van der Waals surface area contributed by atoms with Gasteiger partial charge in [0.05, 0.1) is 12.7 Å². The predicted molar refractivity (Wildman–Crippen MR) is 81.6 cm³/mol. The third-order valence-corrected chi connectivity index (χ3v) is 3.06. The Bertz CT molecular complexity index is 618. The summed E-state index contributed by atoms with van der Waals surface area (Å²) in [5.74, 6) is -0.122. The third kappa shape index (κ3) is 3.64. The zero-order valence-electron chi connectivity index (χ0n) is 11.2. The molecule has 0 atom stereocenters. The fourth-order valence-electron chi connectivity index (χ4n) is 1.76. The van der Waals surface area contributed by atoms with Crippen LogP contribution in [-0.2, 0) is 6.54 Å². The molecule has 0 saturated heterocycles. The van der Waals surface area contributed by atoms with Crippen molar-refractivity contribution in [3.8, 4) is 0 Å². The first-order valence-corrected chi connectivity index (χ1v) is 6.64. The minimum atomic E-state index is -0.122. The molecule has 0 unspecified atom stereocenters. The molecule has 6 heteroatoms. The van der Waals surface area contributed by atoms with Crippen LogP contribution in [0.5, 0.6) is 0 Å². The lowest BCUT2D eigenvalue weighted by Gasteiger charge is -2.06. The average Bonchev–Trinajstić information content (AvgIpc) is 2.84. The van der Waals surface area contributed by atoms with Gasteiger partial charge in [-0.1, -0.05) is 24.4 Å². The Morgan fingerprint density at radius 2 is 2.00 bits per heavy atom. The summed E-state index contributed by atoms with van der Waals surface area (Å²) in [6, 6.07) is 6.91. The van der Waals surface area contributed by atoms with Crippen molar-refractivity contribution in [1.29, 1.82) is 0 Å². The van der Waals surface area contributed by atoms with E-state index in [-0.39, 0.29) is 5.91 Å². The van der Waals surface area contributed by atoms with E-state index in [0.717, 1.165) is 11.1 Å². The molecular weight excluding hydrogens is 272 g/mol. The minimum absolute atomic E-state index is 0.122. The molecule has 1 aromatic carbocycles. The monoisotopic (exact) mass is 288 g/mol. The highest BCUT2D eigenvalue weighted by Gasteiger charge is 2.05. The lowest BCUT2D eigenvalue weighted by atomic mass is 10.1. The molecule has 0 aliphatic rings. The number of amides is 1. The quantitative estimate of drug-likeness (QED) is 0.812. The Kier molecular flexibility index (Phi) is 4.47. The van der Waals surface area contributed by atoms with Gasteiger partial charge in [-0.05, 0) is 24.6 Å². The second kappa shape index (κ2) is 6.29. The van der Waals surface area contributed by atoms with Crippen molar-refractivity contribution >= 4 is 23.1 Å². The SMILES string of the molecule is Cc1cnn(CCNC(=O)c2ccc(C(N)=S)cc2)c1. The van der Waals surface area contributed by atoms with Crippen LogP contribution < -0.4 is 11.1 Å². The van der Waals surface area contributed by atoms with E-state index in [2.05, 4.69) is 10.4 Å². The number of aryl methyl sites for hydroxylation is 1. The molecule has 1 amide bonds. The molecule has 0 aliphatic heterocycles. The van der Waals surface area contributed by atoms with E-state index in [0.29, 0.717) is 23.6 Å². The van der Waals surface area contributed by atoms with Crippen LogP contribution in [-0.4, -0.2) is 27.2 Å². The van der Waals surface area contributed by atoms with Crippen molar-refractivity contribution in [2.75, 3.05) is 6.54 Å². The molecule has 1 heterocycles. The van der Waals surface area contributed by atoms with Crippen molar-refractivity contribution in [1.82, 2.24) is 15.1 Å². The Balaban J connectivity index is 1.86. The molecule has 0 saturated carbocycles. The van der Waals surface area contributed by atoms with Gasteiger partial charge in [0.25, 0.3) is 5.91 Å². The summed E-state index contributed by atoms with van der Waals surface area (Å²) < 4.78 is 1.80. The maximum absolute atomic E-state index is 11.9. The van der Waals surface area contributed by atoms with Crippen LogP contribution in [0.2, 0.25) is 0 Å². The fourth-order valence-corrected chi connectivity index (χ4v) is 1.90. The number of nitrogens with two attached hydrogens (primary N) is 1. The number of aromatic nitrogens is 2. The van der Waals surface area contributed by atoms with Gasteiger partial charge < -0.3 is 11.1 Å². The third-order valence-electron chi connectivity index (χ3n) is 2.82. The predicted octanol–water partition coefficient (Wildman–Crippen LogP) is 1.26. The first-order valence-electron chi connectivity index (χ1n) is 6.23. The van der Waals surface area contributed by atoms with Gasteiger partial charge in [0.1, 0.15) is 4.99 Å². The summed E-state index contributed by atoms with van der Waals surface area (Å²) in [4.78, 5) is 12.2. The highest BCUT2D eigenvalue weighted by molar-refractivity contribution is 7.80. The maximum atomic E-state index is 11.9. The van der Waals surface area contributed by atoms with Gasteiger partial charge in [0.15, 0.2) is 0 Å². The topological polar surface area (TPSA) is 72.9 Å². The Hall–Kier alpha value is -2.21. The summed E-state index contributed by atoms with van der Waals surface area (Å²) in [6.45, 7) is 3.15. The number of carbonyl (C=O) groups excluding carboxylic acids is 1. The summed E-state index contributed by atoms with van der Waals surface area (Å²) in [7, 11) is 0. The van der Waals surface area contributed by atoms with Gasteiger partial charge in [-0.25, -0.2) is 0 Å². The molecule has 0 spiro atoms. The first kappa shape index (κ1) is 14.2. The van der Waals surface area contributed by atoms with Crippen LogP contribution >= 0.6 is 12.2 Å². The zero-order valence-corrected chi connectivity index (χ0v) is 12.0. The van der Waals surface area contributed by atoms with Crippen LogP contribution in [0.25, 0.3) is 0 Å². The smallest absolute Gasteiger partial charge is 0.251 e. The standard InChI is InChI=1S/C14H16N4OS/c1-10-8-17-18(9-10)7-6-16-14(19)12-4-2-11(3-5-12)13(15)20/h2-5,8-9H,6-7H2,1H3,(H2,15,20)(H,16,19). The van der Waals surface area contributed by atoms with Crippen LogP contribution in [0.1, 0.15) is 21.5 Å². The zero-order chi connectivity index (χ0) is 14.5. The number of benzene rings is 1. The van der Waals surface area contributed by atoms with E-state index in [9.17, 15) is 4.79 Å². The molecule has 3 N–H and O–H groups in total. The molecule has 20 heavy (non-hydrogen) atoms. The largest absolute Gasteiger partial charge is 0.389 e. The van der Waals surface area contributed by atoms with Gasteiger partial charge >= 0.3 is 0 Å². The van der Waals surface area contributed by atoms with E-state index in [4.69, 9.17) is 18.0 Å². The summed E-state index contributed by atoms with van der Waals surface area (Å²) in [5.41, 5.74) is 7.95. The van der Waals surface area contributed by atoms with E-state index in [1.807, 2.05) is 13.1 Å². The number of nitrogens with zero attached hydrogens (tertiary/aromatic N) is 2. The number of hydrogen-bond acceptors (Lipinski definition) is 3. The first-order chi connectivity index (χ1) is 9.56. The molecule has 104 valence electrons. The average molecular weight is 288 g/mol. The molecular formula is C14H16N4OS. The van der Waals surface area contributed by atoms with Crippen molar-refractivity contribution < 1.29 is 4.79 Å². The van der Waals surface area contributed by atoms with Crippen LogP contribution in [0.3, 0.4) is 0 Å². The van der Waals surface area contributed by atoms with Crippen LogP contribution in [0.4, 0.5) is 0 Å². The second-order valence-corrected chi connectivity index (χ2v) is 4.92. The molecule has 2 aromatic rings. The molecule has 2 rings (SSSR count). The maximum Gasteiger partial charge on any atom is 0.251 e. The normalized spacial score (nSPS) is 10.2. The summed E-state index contributed by atoms with van der Waals surface area (Å²) >= 11 is 4.86. The fraction of sp³-hybridized carbons (Fsp3) is 0.214.